The smallest absolute Gasteiger partial charge is 0.258 e. The second-order valence-corrected chi connectivity index (χ2v) is 7.50. The zero-order valence-corrected chi connectivity index (χ0v) is 18.2. The maximum absolute atomic E-state index is 14.0. The second-order valence-electron chi connectivity index (χ2n) is 7.50. The van der Waals surface area contributed by atoms with E-state index in [1.165, 1.54) is 24.4 Å². The lowest BCUT2D eigenvalue weighted by Crippen LogP contribution is -2.45. The van der Waals surface area contributed by atoms with E-state index < -0.39 is 11.7 Å². The van der Waals surface area contributed by atoms with Gasteiger partial charge in [-0.3, -0.25) is 9.59 Å². The number of aromatic nitrogens is 1. The fourth-order valence-electron chi connectivity index (χ4n) is 3.58. The van der Waals surface area contributed by atoms with Crippen LogP contribution in [-0.4, -0.2) is 61.0 Å². The maximum Gasteiger partial charge on any atom is 0.258 e. The van der Waals surface area contributed by atoms with Gasteiger partial charge >= 0.3 is 0 Å². The van der Waals surface area contributed by atoms with Gasteiger partial charge in [-0.05, 0) is 31.5 Å². The highest BCUT2D eigenvalue weighted by Gasteiger charge is 2.24. The quantitative estimate of drug-likeness (QED) is 0.677. The van der Waals surface area contributed by atoms with Gasteiger partial charge in [0.25, 0.3) is 11.8 Å². The molecule has 0 saturated carbocycles. The Kier molecular flexibility index (Phi) is 7.94. The standard InChI is InChI=1S/C23H30FN5O2/c1-3-5-12-28(4-2)23(31)19-15-17(16-26-21(19)29-13-10-25-11-14-29)27-22(30)18-8-6-7-9-20(18)24/h6-9,15-16,25H,3-5,10-14H2,1-2H3,(H,27,30). The molecule has 2 heterocycles. The minimum Gasteiger partial charge on any atom is -0.353 e. The highest BCUT2D eigenvalue weighted by atomic mass is 19.1. The number of benzene rings is 1. The molecule has 3 rings (SSSR count). The van der Waals surface area contributed by atoms with Crippen LogP contribution in [0.15, 0.2) is 36.5 Å². The molecule has 166 valence electrons. The van der Waals surface area contributed by atoms with Crippen LogP contribution < -0.4 is 15.5 Å². The molecule has 31 heavy (non-hydrogen) atoms. The summed E-state index contributed by atoms with van der Waals surface area (Å²) in [6, 6.07) is 7.44. The summed E-state index contributed by atoms with van der Waals surface area (Å²) < 4.78 is 14.0. The summed E-state index contributed by atoms with van der Waals surface area (Å²) in [5.74, 6) is -0.672. The lowest BCUT2D eigenvalue weighted by molar-refractivity contribution is 0.0762. The minimum atomic E-state index is -0.599. The van der Waals surface area contributed by atoms with Gasteiger partial charge in [0.15, 0.2) is 0 Å². The van der Waals surface area contributed by atoms with Crippen molar-refractivity contribution < 1.29 is 14.0 Å². The van der Waals surface area contributed by atoms with E-state index in [0.29, 0.717) is 30.2 Å². The van der Waals surface area contributed by atoms with Crippen molar-refractivity contribution in [3.05, 3.63) is 53.5 Å². The average Bonchev–Trinajstić information content (AvgIpc) is 2.80. The normalized spacial score (nSPS) is 13.7. The first-order valence-corrected chi connectivity index (χ1v) is 10.9. The van der Waals surface area contributed by atoms with E-state index in [2.05, 4.69) is 27.4 Å². The Balaban J connectivity index is 1.91. The van der Waals surface area contributed by atoms with E-state index in [1.54, 1.807) is 17.0 Å². The lowest BCUT2D eigenvalue weighted by atomic mass is 10.1. The topological polar surface area (TPSA) is 77.6 Å². The molecule has 1 saturated heterocycles. The number of pyridine rings is 1. The number of piperazine rings is 1. The van der Waals surface area contributed by atoms with Crippen LogP contribution >= 0.6 is 0 Å². The predicted octanol–water partition coefficient (Wildman–Crippen LogP) is 3.14. The Labute approximate surface area is 182 Å². The molecule has 0 bridgehead atoms. The van der Waals surface area contributed by atoms with Crippen molar-refractivity contribution in [2.75, 3.05) is 49.5 Å². The fourth-order valence-corrected chi connectivity index (χ4v) is 3.58. The third-order valence-corrected chi connectivity index (χ3v) is 5.34. The van der Waals surface area contributed by atoms with Crippen molar-refractivity contribution in [2.45, 2.75) is 26.7 Å². The number of amides is 2. The number of hydrogen-bond acceptors (Lipinski definition) is 5. The van der Waals surface area contributed by atoms with Gasteiger partial charge in [0.05, 0.1) is 23.0 Å². The van der Waals surface area contributed by atoms with Crippen LogP contribution in [0.2, 0.25) is 0 Å². The lowest BCUT2D eigenvalue weighted by Gasteiger charge is -2.31. The van der Waals surface area contributed by atoms with Gasteiger partial charge in [-0.2, -0.15) is 0 Å². The number of nitrogens with zero attached hydrogens (tertiary/aromatic N) is 3. The Morgan fingerprint density at radius 1 is 1.19 bits per heavy atom. The van der Waals surface area contributed by atoms with Crippen LogP contribution in [0.4, 0.5) is 15.9 Å². The van der Waals surface area contributed by atoms with Crippen molar-refractivity contribution in [1.29, 1.82) is 0 Å². The Morgan fingerprint density at radius 3 is 2.61 bits per heavy atom. The van der Waals surface area contributed by atoms with Gasteiger partial charge < -0.3 is 20.4 Å². The molecule has 0 radical (unpaired) electrons. The number of rotatable bonds is 8. The predicted molar refractivity (Wildman–Crippen MR) is 120 cm³/mol. The van der Waals surface area contributed by atoms with Crippen molar-refractivity contribution in [3.8, 4) is 0 Å². The summed E-state index contributed by atoms with van der Waals surface area (Å²) >= 11 is 0. The van der Waals surface area contributed by atoms with Gasteiger partial charge in [0.1, 0.15) is 11.6 Å². The SMILES string of the molecule is CCCCN(CC)C(=O)c1cc(NC(=O)c2ccccc2F)cnc1N1CCNCC1. The molecule has 1 aliphatic heterocycles. The molecule has 0 spiro atoms. The van der Waals surface area contributed by atoms with Crippen molar-refractivity contribution >= 4 is 23.3 Å². The summed E-state index contributed by atoms with van der Waals surface area (Å²) in [5, 5.41) is 5.98. The van der Waals surface area contributed by atoms with Crippen molar-refractivity contribution in [3.63, 3.8) is 0 Å². The van der Waals surface area contributed by atoms with Crippen LogP contribution in [0.1, 0.15) is 47.4 Å². The van der Waals surface area contributed by atoms with E-state index in [-0.39, 0.29) is 11.5 Å². The maximum atomic E-state index is 14.0. The van der Waals surface area contributed by atoms with Gasteiger partial charge in [-0.1, -0.05) is 25.5 Å². The van der Waals surface area contributed by atoms with E-state index in [4.69, 9.17) is 0 Å². The molecule has 1 aromatic carbocycles. The van der Waals surface area contributed by atoms with Gasteiger partial charge in [0.2, 0.25) is 0 Å². The Bertz CT molecular complexity index is 915. The fraction of sp³-hybridized carbons (Fsp3) is 0.435. The van der Waals surface area contributed by atoms with Gasteiger partial charge in [-0.25, -0.2) is 9.37 Å². The first-order chi connectivity index (χ1) is 15.0. The van der Waals surface area contributed by atoms with E-state index in [0.717, 1.165) is 39.0 Å². The summed E-state index contributed by atoms with van der Waals surface area (Å²) in [6.45, 7) is 8.41. The monoisotopic (exact) mass is 427 g/mol. The number of carbonyl (C=O) groups is 2. The molecule has 2 aromatic rings. The van der Waals surface area contributed by atoms with E-state index >= 15 is 0 Å². The molecule has 7 nitrogen and oxygen atoms in total. The van der Waals surface area contributed by atoms with Crippen molar-refractivity contribution in [2.24, 2.45) is 0 Å². The highest BCUT2D eigenvalue weighted by Crippen LogP contribution is 2.24. The minimum absolute atomic E-state index is 0.0558. The summed E-state index contributed by atoms with van der Waals surface area (Å²) in [6.07, 6.45) is 3.43. The van der Waals surface area contributed by atoms with Crippen molar-refractivity contribution in [1.82, 2.24) is 15.2 Å². The number of anilines is 2. The van der Waals surface area contributed by atoms with Crippen LogP contribution in [0.5, 0.6) is 0 Å². The number of hydrogen-bond donors (Lipinski definition) is 2. The Morgan fingerprint density at radius 2 is 1.94 bits per heavy atom. The molecule has 1 fully saturated rings. The molecule has 0 unspecified atom stereocenters. The van der Waals surface area contributed by atoms with E-state index in [9.17, 15) is 14.0 Å². The van der Waals surface area contributed by atoms with Gasteiger partial charge in [-0.15, -0.1) is 0 Å². The summed E-state index contributed by atoms with van der Waals surface area (Å²) in [7, 11) is 0. The van der Waals surface area contributed by atoms with E-state index in [1.807, 2.05) is 6.92 Å². The van der Waals surface area contributed by atoms with Crippen LogP contribution in [0.25, 0.3) is 0 Å². The second kappa shape index (κ2) is 10.9. The third kappa shape index (κ3) is 5.58. The molecule has 2 amide bonds. The molecule has 0 aliphatic carbocycles. The largest absolute Gasteiger partial charge is 0.353 e. The van der Waals surface area contributed by atoms with Crippen LogP contribution in [-0.2, 0) is 0 Å². The molecule has 0 atom stereocenters. The molecular weight excluding hydrogens is 397 g/mol. The van der Waals surface area contributed by atoms with Crippen LogP contribution in [0, 0.1) is 5.82 Å². The van der Waals surface area contributed by atoms with Gasteiger partial charge in [0, 0.05) is 39.3 Å². The average molecular weight is 428 g/mol. The summed E-state index contributed by atoms with van der Waals surface area (Å²) in [4.78, 5) is 34.3. The molecule has 1 aliphatic rings. The molecule has 1 aromatic heterocycles. The zero-order valence-electron chi connectivity index (χ0n) is 18.2. The number of unbranched alkanes of at least 4 members (excludes halogenated alkanes) is 1. The van der Waals surface area contributed by atoms with Crippen LogP contribution in [0.3, 0.4) is 0 Å². The molecule has 8 heteroatoms. The third-order valence-electron chi connectivity index (χ3n) is 5.34. The Hall–Kier alpha value is -3.00. The zero-order chi connectivity index (χ0) is 22.2. The number of carbonyl (C=O) groups excluding carboxylic acids is 2. The highest BCUT2D eigenvalue weighted by molar-refractivity contribution is 6.06. The molecular formula is C23H30FN5O2. The number of halogens is 1. The number of nitrogens with one attached hydrogen (secondary N) is 2. The summed E-state index contributed by atoms with van der Waals surface area (Å²) in [5.41, 5.74) is 0.757. The molecule has 2 N–H and O–H groups in total. The first kappa shape index (κ1) is 22.7. The first-order valence-electron chi connectivity index (χ1n) is 10.9.